The first-order valence-electron chi connectivity index (χ1n) is 6.91. The first-order valence-corrected chi connectivity index (χ1v) is 6.91. The molecule has 20 heavy (non-hydrogen) atoms. The van der Waals surface area contributed by atoms with Gasteiger partial charge in [-0.2, -0.15) is 0 Å². The highest BCUT2D eigenvalue weighted by molar-refractivity contribution is 5.19. The molecule has 2 atom stereocenters. The van der Waals surface area contributed by atoms with E-state index in [0.717, 1.165) is 17.5 Å². The second-order valence-corrected chi connectivity index (χ2v) is 4.88. The predicted molar refractivity (Wildman–Crippen MR) is 78.7 cm³/mol. The number of hydrogen-bond donors (Lipinski definition) is 2. The molecule has 2 nitrogen and oxygen atoms in total. The SMILES string of the molecule is CCC(NCc1ccc(F)cc1)C(O)c1ccccc1. The van der Waals surface area contributed by atoms with E-state index in [9.17, 15) is 9.50 Å². The van der Waals surface area contributed by atoms with Gasteiger partial charge >= 0.3 is 0 Å². The van der Waals surface area contributed by atoms with Gasteiger partial charge in [0.2, 0.25) is 0 Å². The molecule has 2 aromatic carbocycles. The van der Waals surface area contributed by atoms with Crippen LogP contribution in [0.25, 0.3) is 0 Å². The average Bonchev–Trinajstić information content (AvgIpc) is 2.50. The summed E-state index contributed by atoms with van der Waals surface area (Å²) in [7, 11) is 0. The van der Waals surface area contributed by atoms with Crippen LogP contribution in [0, 0.1) is 5.82 Å². The molecule has 0 saturated carbocycles. The first kappa shape index (κ1) is 14.7. The van der Waals surface area contributed by atoms with Crippen LogP contribution in [0.1, 0.15) is 30.6 Å². The molecule has 0 bridgehead atoms. The Balaban J connectivity index is 1.97. The number of hydrogen-bond acceptors (Lipinski definition) is 2. The molecule has 0 aliphatic heterocycles. The van der Waals surface area contributed by atoms with Crippen molar-refractivity contribution in [2.75, 3.05) is 0 Å². The van der Waals surface area contributed by atoms with Gasteiger partial charge in [-0.3, -0.25) is 0 Å². The van der Waals surface area contributed by atoms with E-state index >= 15 is 0 Å². The van der Waals surface area contributed by atoms with Crippen molar-refractivity contribution in [3.05, 3.63) is 71.5 Å². The summed E-state index contributed by atoms with van der Waals surface area (Å²) < 4.78 is 12.8. The van der Waals surface area contributed by atoms with E-state index in [2.05, 4.69) is 5.32 Å². The van der Waals surface area contributed by atoms with E-state index in [4.69, 9.17) is 0 Å². The highest BCUT2D eigenvalue weighted by atomic mass is 19.1. The van der Waals surface area contributed by atoms with Crippen LogP contribution in [-0.4, -0.2) is 11.1 Å². The Kier molecular flexibility index (Phi) is 5.27. The maximum Gasteiger partial charge on any atom is 0.123 e. The lowest BCUT2D eigenvalue weighted by Gasteiger charge is -2.23. The van der Waals surface area contributed by atoms with Crippen LogP contribution in [0.5, 0.6) is 0 Å². The van der Waals surface area contributed by atoms with Crippen molar-refractivity contribution in [3.63, 3.8) is 0 Å². The molecule has 0 amide bonds. The Morgan fingerprint density at radius 3 is 2.30 bits per heavy atom. The summed E-state index contributed by atoms with van der Waals surface area (Å²) in [4.78, 5) is 0. The van der Waals surface area contributed by atoms with E-state index in [1.165, 1.54) is 12.1 Å². The third kappa shape index (κ3) is 3.89. The van der Waals surface area contributed by atoms with Gasteiger partial charge in [0.05, 0.1) is 6.10 Å². The fourth-order valence-corrected chi connectivity index (χ4v) is 2.21. The van der Waals surface area contributed by atoms with Crippen LogP contribution in [0.2, 0.25) is 0 Å². The van der Waals surface area contributed by atoms with Gasteiger partial charge < -0.3 is 10.4 Å². The van der Waals surface area contributed by atoms with Crippen molar-refractivity contribution in [2.45, 2.75) is 32.0 Å². The Bertz CT molecular complexity index is 512. The van der Waals surface area contributed by atoms with Crippen LogP contribution in [0.4, 0.5) is 4.39 Å². The molecule has 0 heterocycles. The minimum Gasteiger partial charge on any atom is -0.387 e. The molecule has 0 saturated heterocycles. The summed E-state index contributed by atoms with van der Waals surface area (Å²) in [6.45, 7) is 2.65. The zero-order chi connectivity index (χ0) is 14.4. The van der Waals surface area contributed by atoms with Gasteiger partial charge in [-0.25, -0.2) is 4.39 Å². The molecule has 3 heteroatoms. The monoisotopic (exact) mass is 273 g/mol. The Morgan fingerprint density at radius 1 is 1.05 bits per heavy atom. The second kappa shape index (κ2) is 7.17. The van der Waals surface area contributed by atoms with Crippen molar-refractivity contribution in [3.8, 4) is 0 Å². The quantitative estimate of drug-likeness (QED) is 0.845. The molecule has 2 aromatic rings. The van der Waals surface area contributed by atoms with Gasteiger partial charge in [-0.15, -0.1) is 0 Å². The summed E-state index contributed by atoms with van der Waals surface area (Å²) >= 11 is 0. The fraction of sp³-hybridized carbons (Fsp3) is 0.294. The van der Waals surface area contributed by atoms with Gasteiger partial charge in [0.1, 0.15) is 5.82 Å². The van der Waals surface area contributed by atoms with Crippen molar-refractivity contribution < 1.29 is 9.50 Å². The van der Waals surface area contributed by atoms with Crippen molar-refractivity contribution in [2.24, 2.45) is 0 Å². The van der Waals surface area contributed by atoms with E-state index in [-0.39, 0.29) is 11.9 Å². The maximum atomic E-state index is 12.8. The van der Waals surface area contributed by atoms with Gasteiger partial charge in [-0.05, 0) is 29.7 Å². The number of aliphatic hydroxyl groups is 1. The van der Waals surface area contributed by atoms with E-state index in [1.54, 1.807) is 12.1 Å². The van der Waals surface area contributed by atoms with Crippen LogP contribution < -0.4 is 5.32 Å². The second-order valence-electron chi connectivity index (χ2n) is 4.88. The molecule has 0 aromatic heterocycles. The Morgan fingerprint density at radius 2 is 1.70 bits per heavy atom. The van der Waals surface area contributed by atoms with E-state index in [0.29, 0.717) is 6.54 Å². The molecule has 0 spiro atoms. The summed E-state index contributed by atoms with van der Waals surface area (Å²) in [5.41, 5.74) is 1.91. The third-order valence-corrected chi connectivity index (χ3v) is 3.44. The van der Waals surface area contributed by atoms with Crippen molar-refractivity contribution in [1.29, 1.82) is 0 Å². The number of rotatable bonds is 6. The molecular formula is C17H20FNO. The summed E-state index contributed by atoms with van der Waals surface area (Å²) in [6.07, 6.45) is 0.277. The molecule has 0 radical (unpaired) electrons. The lowest BCUT2D eigenvalue weighted by atomic mass is 10.00. The average molecular weight is 273 g/mol. The Labute approximate surface area is 119 Å². The van der Waals surface area contributed by atoms with Crippen LogP contribution in [-0.2, 0) is 6.54 Å². The Hall–Kier alpha value is -1.71. The molecular weight excluding hydrogens is 253 g/mol. The standard InChI is InChI=1S/C17H20FNO/c1-2-16(17(20)14-6-4-3-5-7-14)19-12-13-8-10-15(18)11-9-13/h3-11,16-17,19-20H,2,12H2,1H3. The number of nitrogens with one attached hydrogen (secondary N) is 1. The van der Waals surface area contributed by atoms with Gasteiger partial charge in [-0.1, -0.05) is 49.4 Å². The normalized spacial score (nSPS) is 13.9. The van der Waals surface area contributed by atoms with Crippen LogP contribution in [0.3, 0.4) is 0 Å². The van der Waals surface area contributed by atoms with E-state index < -0.39 is 6.10 Å². The predicted octanol–water partition coefficient (Wildman–Crippen LogP) is 3.43. The van der Waals surface area contributed by atoms with Crippen molar-refractivity contribution >= 4 is 0 Å². The number of benzene rings is 2. The molecule has 2 unspecified atom stereocenters. The number of aliphatic hydroxyl groups excluding tert-OH is 1. The van der Waals surface area contributed by atoms with Crippen molar-refractivity contribution in [1.82, 2.24) is 5.32 Å². The molecule has 106 valence electrons. The molecule has 2 N–H and O–H groups in total. The summed E-state index contributed by atoms with van der Waals surface area (Å²) in [5, 5.41) is 13.7. The van der Waals surface area contributed by atoms with Gasteiger partial charge in [0, 0.05) is 12.6 Å². The summed E-state index contributed by atoms with van der Waals surface area (Å²) in [5.74, 6) is -0.231. The molecule has 0 aliphatic carbocycles. The van der Waals surface area contributed by atoms with Crippen LogP contribution >= 0.6 is 0 Å². The zero-order valence-corrected chi connectivity index (χ0v) is 11.6. The molecule has 0 aliphatic rings. The highest BCUT2D eigenvalue weighted by Crippen LogP contribution is 2.19. The molecule has 0 fully saturated rings. The minimum atomic E-state index is -0.540. The lowest BCUT2D eigenvalue weighted by molar-refractivity contribution is 0.125. The minimum absolute atomic E-state index is 0.0255. The molecule has 2 rings (SSSR count). The smallest absolute Gasteiger partial charge is 0.123 e. The lowest BCUT2D eigenvalue weighted by Crippen LogP contribution is -2.34. The maximum absolute atomic E-state index is 12.8. The van der Waals surface area contributed by atoms with Gasteiger partial charge in [0.15, 0.2) is 0 Å². The largest absolute Gasteiger partial charge is 0.387 e. The first-order chi connectivity index (χ1) is 9.70. The summed E-state index contributed by atoms with van der Waals surface area (Å²) in [6, 6.07) is 16.0. The van der Waals surface area contributed by atoms with Crippen LogP contribution in [0.15, 0.2) is 54.6 Å². The third-order valence-electron chi connectivity index (χ3n) is 3.44. The highest BCUT2D eigenvalue weighted by Gasteiger charge is 2.18. The fourth-order valence-electron chi connectivity index (χ4n) is 2.21. The topological polar surface area (TPSA) is 32.3 Å². The van der Waals surface area contributed by atoms with Gasteiger partial charge in [0.25, 0.3) is 0 Å². The zero-order valence-electron chi connectivity index (χ0n) is 11.6. The number of halogens is 1. The van der Waals surface area contributed by atoms with E-state index in [1.807, 2.05) is 37.3 Å².